The third kappa shape index (κ3) is 3.67. The van der Waals surface area contributed by atoms with Crippen molar-refractivity contribution in [2.75, 3.05) is 39.8 Å². The zero-order valence-corrected chi connectivity index (χ0v) is 11.2. The van der Waals surface area contributed by atoms with Gasteiger partial charge in [0.1, 0.15) is 0 Å². The summed E-state index contributed by atoms with van der Waals surface area (Å²) in [7, 11) is 1.80. The standard InChI is InChI=1S/C13H24N2O3/c1-18-12-4-2-11(3-5-12)15-8-6-14(7-9-15)10-13(16)17/h11-12H,2-10H2,1H3,(H,16,17). The highest BCUT2D eigenvalue weighted by atomic mass is 16.5. The fourth-order valence-corrected chi connectivity index (χ4v) is 3.12. The van der Waals surface area contributed by atoms with Gasteiger partial charge in [-0.25, -0.2) is 0 Å². The zero-order chi connectivity index (χ0) is 13.0. The van der Waals surface area contributed by atoms with Crippen molar-refractivity contribution in [3.63, 3.8) is 0 Å². The third-order valence-corrected chi connectivity index (χ3v) is 4.26. The van der Waals surface area contributed by atoms with E-state index in [9.17, 15) is 4.79 Å². The highest BCUT2D eigenvalue weighted by Crippen LogP contribution is 2.25. The van der Waals surface area contributed by atoms with E-state index in [1.807, 2.05) is 4.90 Å². The molecular weight excluding hydrogens is 232 g/mol. The Morgan fingerprint density at radius 2 is 1.78 bits per heavy atom. The van der Waals surface area contributed by atoms with Crippen LogP contribution in [-0.2, 0) is 9.53 Å². The maximum atomic E-state index is 10.7. The number of methoxy groups -OCH3 is 1. The molecule has 0 amide bonds. The minimum Gasteiger partial charge on any atom is -0.480 e. The van der Waals surface area contributed by atoms with Gasteiger partial charge in [-0.3, -0.25) is 14.6 Å². The van der Waals surface area contributed by atoms with Gasteiger partial charge in [0.15, 0.2) is 0 Å². The summed E-state index contributed by atoms with van der Waals surface area (Å²) in [6, 6.07) is 0.684. The van der Waals surface area contributed by atoms with E-state index < -0.39 is 5.97 Å². The summed E-state index contributed by atoms with van der Waals surface area (Å²) in [5, 5.41) is 8.77. The fourth-order valence-electron chi connectivity index (χ4n) is 3.12. The van der Waals surface area contributed by atoms with Crippen LogP contribution in [0.15, 0.2) is 0 Å². The molecule has 104 valence electrons. The van der Waals surface area contributed by atoms with E-state index >= 15 is 0 Å². The van der Waals surface area contributed by atoms with Gasteiger partial charge in [0, 0.05) is 39.3 Å². The van der Waals surface area contributed by atoms with E-state index in [1.54, 1.807) is 7.11 Å². The first kappa shape index (κ1) is 13.8. The minimum atomic E-state index is -0.718. The first-order chi connectivity index (χ1) is 8.69. The van der Waals surface area contributed by atoms with Gasteiger partial charge in [-0.15, -0.1) is 0 Å². The summed E-state index contributed by atoms with van der Waals surface area (Å²) in [6.45, 7) is 3.97. The van der Waals surface area contributed by atoms with Gasteiger partial charge >= 0.3 is 5.97 Å². The average molecular weight is 256 g/mol. The van der Waals surface area contributed by atoms with Crippen molar-refractivity contribution in [2.45, 2.75) is 37.8 Å². The summed E-state index contributed by atoms with van der Waals surface area (Å²) in [4.78, 5) is 15.2. The van der Waals surface area contributed by atoms with Gasteiger partial charge in [0.25, 0.3) is 0 Å². The molecule has 1 N–H and O–H groups in total. The number of rotatable bonds is 4. The first-order valence-electron chi connectivity index (χ1n) is 6.90. The minimum absolute atomic E-state index is 0.185. The average Bonchev–Trinajstić information content (AvgIpc) is 2.39. The molecule has 2 rings (SSSR count). The normalized spacial score (nSPS) is 31.4. The van der Waals surface area contributed by atoms with Gasteiger partial charge in [-0.2, -0.15) is 0 Å². The topological polar surface area (TPSA) is 53.0 Å². The van der Waals surface area contributed by atoms with E-state index in [-0.39, 0.29) is 6.54 Å². The van der Waals surface area contributed by atoms with E-state index in [2.05, 4.69) is 4.90 Å². The van der Waals surface area contributed by atoms with Crippen LogP contribution < -0.4 is 0 Å². The molecule has 0 bridgehead atoms. The van der Waals surface area contributed by atoms with Crippen LogP contribution in [0.3, 0.4) is 0 Å². The molecule has 2 fully saturated rings. The van der Waals surface area contributed by atoms with Crippen molar-refractivity contribution in [3.8, 4) is 0 Å². The lowest BCUT2D eigenvalue weighted by atomic mass is 9.91. The zero-order valence-electron chi connectivity index (χ0n) is 11.2. The predicted octanol–water partition coefficient (Wildman–Crippen LogP) is 0.646. The molecule has 0 atom stereocenters. The van der Waals surface area contributed by atoms with E-state index in [4.69, 9.17) is 9.84 Å². The summed E-state index contributed by atoms with van der Waals surface area (Å²) in [5.74, 6) is -0.718. The van der Waals surface area contributed by atoms with Crippen LogP contribution >= 0.6 is 0 Å². The number of carbonyl (C=O) groups is 1. The molecular formula is C13H24N2O3. The SMILES string of the molecule is COC1CCC(N2CCN(CC(=O)O)CC2)CC1. The van der Waals surface area contributed by atoms with Crippen LogP contribution in [0.25, 0.3) is 0 Å². The summed E-state index contributed by atoms with van der Waals surface area (Å²) in [6.07, 6.45) is 5.22. The van der Waals surface area contributed by atoms with Gasteiger partial charge in [-0.1, -0.05) is 0 Å². The maximum absolute atomic E-state index is 10.7. The van der Waals surface area contributed by atoms with Crippen molar-refractivity contribution >= 4 is 5.97 Å². The van der Waals surface area contributed by atoms with Crippen LogP contribution in [0.2, 0.25) is 0 Å². The van der Waals surface area contributed by atoms with Crippen LogP contribution in [-0.4, -0.2) is 72.9 Å². The molecule has 1 saturated carbocycles. The van der Waals surface area contributed by atoms with Crippen molar-refractivity contribution in [1.82, 2.24) is 9.80 Å². The molecule has 1 aliphatic carbocycles. The van der Waals surface area contributed by atoms with Crippen molar-refractivity contribution < 1.29 is 14.6 Å². The second-order valence-corrected chi connectivity index (χ2v) is 5.37. The first-order valence-corrected chi connectivity index (χ1v) is 6.90. The lowest BCUT2D eigenvalue weighted by molar-refractivity contribution is -0.138. The number of hydrogen-bond donors (Lipinski definition) is 1. The molecule has 5 nitrogen and oxygen atoms in total. The number of carboxylic acid groups (broad SMARTS) is 1. The molecule has 1 aliphatic heterocycles. The smallest absolute Gasteiger partial charge is 0.317 e. The molecule has 0 aromatic heterocycles. The number of aliphatic carboxylic acids is 1. The quantitative estimate of drug-likeness (QED) is 0.800. The molecule has 0 spiro atoms. The molecule has 1 heterocycles. The van der Waals surface area contributed by atoms with E-state index in [0.717, 1.165) is 39.0 Å². The Labute approximate surface area is 109 Å². The van der Waals surface area contributed by atoms with Crippen molar-refractivity contribution in [2.24, 2.45) is 0 Å². The number of hydrogen-bond acceptors (Lipinski definition) is 4. The summed E-state index contributed by atoms with van der Waals surface area (Å²) >= 11 is 0. The second-order valence-electron chi connectivity index (χ2n) is 5.37. The molecule has 5 heteroatoms. The van der Waals surface area contributed by atoms with Crippen LogP contribution in [0.5, 0.6) is 0 Å². The number of ether oxygens (including phenoxy) is 1. The van der Waals surface area contributed by atoms with E-state index in [1.165, 1.54) is 12.8 Å². The van der Waals surface area contributed by atoms with Crippen LogP contribution in [0.4, 0.5) is 0 Å². The molecule has 18 heavy (non-hydrogen) atoms. The van der Waals surface area contributed by atoms with Crippen LogP contribution in [0.1, 0.15) is 25.7 Å². The highest BCUT2D eigenvalue weighted by molar-refractivity contribution is 5.69. The molecule has 0 unspecified atom stereocenters. The number of nitrogens with zero attached hydrogens (tertiary/aromatic N) is 2. The van der Waals surface area contributed by atoms with Gasteiger partial charge in [0.05, 0.1) is 12.6 Å². The molecule has 0 aromatic carbocycles. The van der Waals surface area contributed by atoms with E-state index in [0.29, 0.717) is 12.1 Å². The second kappa shape index (κ2) is 6.50. The number of carboxylic acids is 1. The van der Waals surface area contributed by atoms with Gasteiger partial charge in [0.2, 0.25) is 0 Å². The Hall–Kier alpha value is -0.650. The lowest BCUT2D eigenvalue weighted by Gasteiger charge is -2.41. The Morgan fingerprint density at radius 3 is 2.28 bits per heavy atom. The molecule has 0 radical (unpaired) electrons. The highest BCUT2D eigenvalue weighted by Gasteiger charge is 2.28. The van der Waals surface area contributed by atoms with Gasteiger partial charge in [-0.05, 0) is 25.7 Å². The Balaban J connectivity index is 1.71. The van der Waals surface area contributed by atoms with Crippen LogP contribution in [0, 0.1) is 0 Å². The monoisotopic (exact) mass is 256 g/mol. The Morgan fingerprint density at radius 1 is 1.17 bits per heavy atom. The van der Waals surface area contributed by atoms with Crippen molar-refractivity contribution in [3.05, 3.63) is 0 Å². The Bertz CT molecular complexity index is 269. The number of piperazine rings is 1. The largest absolute Gasteiger partial charge is 0.480 e. The third-order valence-electron chi connectivity index (χ3n) is 4.26. The summed E-state index contributed by atoms with van der Waals surface area (Å²) in [5.41, 5.74) is 0. The molecule has 1 saturated heterocycles. The maximum Gasteiger partial charge on any atom is 0.317 e. The predicted molar refractivity (Wildman–Crippen MR) is 68.7 cm³/mol. The van der Waals surface area contributed by atoms with Crippen molar-refractivity contribution in [1.29, 1.82) is 0 Å². The van der Waals surface area contributed by atoms with Gasteiger partial charge < -0.3 is 9.84 Å². The molecule has 2 aliphatic rings. The molecule has 0 aromatic rings. The Kier molecular flexibility index (Phi) is 4.97. The summed E-state index contributed by atoms with van der Waals surface area (Å²) < 4.78 is 5.40. The fraction of sp³-hybridized carbons (Fsp3) is 0.923. The lowest BCUT2D eigenvalue weighted by Crippen LogP contribution is -2.52.